The van der Waals surface area contributed by atoms with Crippen LogP contribution in [0.1, 0.15) is 5.71 Å². The Morgan fingerprint density at radius 3 is 0.583 bits per heavy atom. The molecule has 0 aliphatic carbocycles. The van der Waals surface area contributed by atoms with Gasteiger partial charge in [-0.15, -0.1) is 0 Å². The Kier molecular flexibility index (Phi) is 280. The quantitative estimate of drug-likeness (QED) is 0.375. The fourth-order valence-corrected chi connectivity index (χ4v) is 0. The molecular formula is H15BK4O7. The Balaban J connectivity index is -0.000000000682. The van der Waals surface area contributed by atoms with Crippen LogP contribution in [0.15, 0.2) is 0 Å². The molecule has 0 amide bonds. The Labute approximate surface area is 247 Å². The summed E-state index contributed by atoms with van der Waals surface area (Å²) in [4.78, 5) is 0. The van der Waals surface area contributed by atoms with Crippen LogP contribution in [0, 0.1) is 0 Å². The summed E-state index contributed by atoms with van der Waals surface area (Å²) in [6.07, 6.45) is 0. The van der Waals surface area contributed by atoms with E-state index >= 15 is 0 Å². The van der Waals surface area contributed by atoms with Gasteiger partial charge in [-0.3, -0.25) is 0 Å². The van der Waals surface area contributed by atoms with Crippen LogP contribution in [0.4, 0.5) is 0 Å². The van der Waals surface area contributed by atoms with Crippen LogP contribution in [-0.4, -0.2) is 44.3 Å². The molecule has 11 N–H and O–H groups in total. The zero-order valence-corrected chi connectivity index (χ0v) is 20.4. The summed E-state index contributed by atoms with van der Waals surface area (Å²) in [5.74, 6) is 0. The van der Waals surface area contributed by atoms with Gasteiger partial charge in [0.2, 0.25) is 0 Å². The minimum absolute atomic E-state index is 0. The zero-order chi connectivity index (χ0) is 3.58. The molecule has 0 fully saturated rings. The van der Waals surface area contributed by atoms with Gasteiger partial charge in [-0.25, -0.2) is 0 Å². The molecule has 12 heavy (non-hydrogen) atoms. The van der Waals surface area contributed by atoms with Crippen molar-refractivity contribution in [3.05, 3.63) is 0 Å². The second kappa shape index (κ2) is 53.1. The first-order chi connectivity index (χ1) is 1.73. The first kappa shape index (κ1) is 63.2. The van der Waals surface area contributed by atoms with Crippen LogP contribution in [0.2, 0.25) is 0 Å². The van der Waals surface area contributed by atoms with E-state index in [1.165, 1.54) is 0 Å². The average molecular weight is 294 g/mol. The van der Waals surface area contributed by atoms with Gasteiger partial charge in [-0.05, 0) is 0 Å². The predicted octanol–water partition coefficient (Wildman–Crippen LogP) is -16.9. The minimum atomic E-state index is -2.17. The van der Waals surface area contributed by atoms with Crippen LogP contribution in [0.25, 0.3) is 0 Å². The second-order valence-electron chi connectivity index (χ2n) is 0.346. The molecule has 0 saturated heterocycles. The van der Waals surface area contributed by atoms with E-state index in [1.54, 1.807) is 0 Å². The molecule has 0 aromatic rings. The SMILES string of the molecule is O.O.O.O.OB(O)O.[H-].[H-].[H-].[H-].[K+].[K+].[K+].[K+]. The Hall–Kier alpha value is 6.33. The minimum Gasteiger partial charge on any atom is -1.00 e. The van der Waals surface area contributed by atoms with Crippen LogP contribution >= 0.6 is 0 Å². The van der Waals surface area contributed by atoms with E-state index < -0.39 is 7.32 Å². The van der Waals surface area contributed by atoms with Crippen molar-refractivity contribution in [1.29, 1.82) is 0 Å². The third kappa shape index (κ3) is 95.8. The van der Waals surface area contributed by atoms with E-state index in [1.807, 2.05) is 0 Å². The van der Waals surface area contributed by atoms with Crippen molar-refractivity contribution in [2.45, 2.75) is 0 Å². The van der Waals surface area contributed by atoms with Crippen molar-refractivity contribution < 1.29 is 248 Å². The van der Waals surface area contributed by atoms with E-state index in [0.717, 1.165) is 0 Å². The van der Waals surface area contributed by atoms with Crippen molar-refractivity contribution in [1.82, 2.24) is 0 Å². The molecule has 0 heterocycles. The van der Waals surface area contributed by atoms with Crippen LogP contribution in [-0.2, 0) is 0 Å². The molecule has 12 heteroatoms. The van der Waals surface area contributed by atoms with Gasteiger partial charge in [0.25, 0.3) is 0 Å². The summed E-state index contributed by atoms with van der Waals surface area (Å²) in [7, 11) is -2.17. The zero-order valence-electron chi connectivity index (χ0n) is 11.9. The van der Waals surface area contributed by atoms with E-state index in [9.17, 15) is 0 Å². The average Bonchev–Trinajstić information content (AvgIpc) is 0.811. The van der Waals surface area contributed by atoms with Crippen LogP contribution in [0.3, 0.4) is 0 Å². The van der Waals surface area contributed by atoms with Gasteiger partial charge in [0.1, 0.15) is 0 Å². The summed E-state index contributed by atoms with van der Waals surface area (Å²) in [6, 6.07) is 0. The molecule has 0 aromatic heterocycles. The Morgan fingerprint density at radius 1 is 0.583 bits per heavy atom. The number of rotatable bonds is 0. The molecule has 0 atom stereocenters. The third-order valence-corrected chi connectivity index (χ3v) is 0. The van der Waals surface area contributed by atoms with E-state index in [0.29, 0.717) is 0 Å². The first-order valence-electron chi connectivity index (χ1n) is 0.775. The predicted molar refractivity (Wildman–Crippen MR) is 31.3 cm³/mol. The smallest absolute Gasteiger partial charge is 1.00 e. The summed E-state index contributed by atoms with van der Waals surface area (Å²) < 4.78 is 0. The molecule has 0 aromatic carbocycles. The molecule has 0 unspecified atom stereocenters. The van der Waals surface area contributed by atoms with Crippen molar-refractivity contribution >= 4 is 7.32 Å². The molecule has 0 rings (SSSR count). The maximum absolute atomic E-state index is 7.17. The van der Waals surface area contributed by atoms with Gasteiger partial charge in [-0.1, -0.05) is 0 Å². The summed E-state index contributed by atoms with van der Waals surface area (Å²) >= 11 is 0. The molecule has 0 saturated carbocycles. The van der Waals surface area contributed by atoms with Gasteiger partial charge in [0.15, 0.2) is 0 Å². The summed E-state index contributed by atoms with van der Waals surface area (Å²) in [5, 5.41) is 21.5. The molecule has 0 aliphatic heterocycles. The standard InChI is InChI=1S/BH3O3.4K.4H2O.4H/c2-1(3)4;;;;;;;;;;;;/h2-4H;;;;;4*1H2;;;;/q;4*+1;;;;;4*-1. The first-order valence-corrected chi connectivity index (χ1v) is 0.775. The van der Waals surface area contributed by atoms with Crippen molar-refractivity contribution in [2.75, 3.05) is 0 Å². The van der Waals surface area contributed by atoms with E-state index in [-0.39, 0.29) is 233 Å². The number of hydrogen-bond donors (Lipinski definition) is 3. The van der Waals surface area contributed by atoms with Gasteiger partial charge in [0.05, 0.1) is 0 Å². The summed E-state index contributed by atoms with van der Waals surface area (Å²) in [5.41, 5.74) is 0. The van der Waals surface area contributed by atoms with Gasteiger partial charge >= 0.3 is 213 Å². The molecular weight excluding hydrogens is 279 g/mol. The molecule has 0 bridgehead atoms. The van der Waals surface area contributed by atoms with Crippen LogP contribution in [0.5, 0.6) is 0 Å². The van der Waals surface area contributed by atoms with Crippen molar-refractivity contribution in [3.63, 3.8) is 0 Å². The monoisotopic (exact) mass is 294 g/mol. The van der Waals surface area contributed by atoms with Gasteiger partial charge < -0.3 is 42.7 Å². The number of hydrogen-bond acceptors (Lipinski definition) is 3. The van der Waals surface area contributed by atoms with Crippen LogP contribution < -0.4 is 206 Å². The Morgan fingerprint density at radius 2 is 0.583 bits per heavy atom. The van der Waals surface area contributed by atoms with Crippen molar-refractivity contribution in [3.8, 4) is 0 Å². The van der Waals surface area contributed by atoms with Crippen molar-refractivity contribution in [2.24, 2.45) is 0 Å². The second-order valence-corrected chi connectivity index (χ2v) is 0.346. The third-order valence-electron chi connectivity index (χ3n) is 0. The van der Waals surface area contributed by atoms with Gasteiger partial charge in [0, 0.05) is 0 Å². The summed E-state index contributed by atoms with van der Waals surface area (Å²) in [6.45, 7) is 0. The fraction of sp³-hybridized carbons (Fsp3) is 0. The topological polar surface area (TPSA) is 187 Å². The molecule has 7 nitrogen and oxygen atoms in total. The Bertz CT molecular complexity index is 33.1. The largest absolute Gasteiger partial charge is 1.00 e. The maximum atomic E-state index is 7.17. The maximum Gasteiger partial charge on any atom is 1.00 e. The fourth-order valence-electron chi connectivity index (χ4n) is 0. The molecule has 64 valence electrons. The molecule has 0 radical (unpaired) electrons. The van der Waals surface area contributed by atoms with Gasteiger partial charge in [-0.2, -0.15) is 0 Å². The van der Waals surface area contributed by atoms with E-state index in [2.05, 4.69) is 0 Å². The molecule has 0 aliphatic rings. The normalized spacial score (nSPS) is 2.25. The van der Waals surface area contributed by atoms with E-state index in [4.69, 9.17) is 15.1 Å². The molecule has 0 spiro atoms.